The van der Waals surface area contributed by atoms with Gasteiger partial charge in [-0.1, -0.05) is 55.8 Å². The number of esters is 1. The van der Waals surface area contributed by atoms with Gasteiger partial charge in [0, 0.05) is 24.7 Å². The summed E-state index contributed by atoms with van der Waals surface area (Å²) in [5, 5.41) is 7.86. The molecule has 2 aromatic rings. The summed E-state index contributed by atoms with van der Waals surface area (Å²) in [6.07, 6.45) is 1.56. The van der Waals surface area contributed by atoms with E-state index >= 15 is 0 Å². The van der Waals surface area contributed by atoms with Gasteiger partial charge in [0.1, 0.15) is 18.9 Å². The van der Waals surface area contributed by atoms with Gasteiger partial charge in [-0.25, -0.2) is 4.79 Å². The molecule has 39 heavy (non-hydrogen) atoms. The van der Waals surface area contributed by atoms with Crippen LogP contribution in [0.2, 0.25) is 0 Å². The Bertz CT molecular complexity index is 1090. The van der Waals surface area contributed by atoms with Crippen molar-refractivity contribution in [1.82, 2.24) is 10.6 Å². The molecule has 212 valence electrons. The number of hydrogen-bond acceptors (Lipinski definition) is 7. The van der Waals surface area contributed by atoms with Crippen LogP contribution < -0.4 is 27.4 Å². The molecule has 2 aromatic carbocycles. The minimum Gasteiger partial charge on any atom is -0.461 e. The molecule has 0 bridgehead atoms. The summed E-state index contributed by atoms with van der Waals surface area (Å²) in [4.78, 5) is 56.8. The second-order valence-corrected chi connectivity index (χ2v) is 9.26. The maximum Gasteiger partial charge on any atom is 0.312 e. The quantitative estimate of drug-likeness (QED) is 0.155. The molecule has 2 rings (SSSR count). The van der Waals surface area contributed by atoms with Gasteiger partial charge in [0.05, 0.1) is 6.04 Å². The fraction of sp³-hybridized carbons (Fsp3) is 0.393. The van der Waals surface area contributed by atoms with Gasteiger partial charge in [-0.3, -0.25) is 19.2 Å². The molecule has 0 saturated heterocycles. The minimum absolute atomic E-state index is 0.0880. The van der Waals surface area contributed by atoms with Crippen LogP contribution in [0, 0.1) is 12.8 Å². The molecule has 0 fully saturated rings. The molecular formula is C28H39N5O6. The fourth-order valence-corrected chi connectivity index (χ4v) is 3.10. The predicted octanol–water partition coefficient (Wildman–Crippen LogP) is 2.41. The molecule has 11 nitrogen and oxygen atoms in total. The summed E-state index contributed by atoms with van der Waals surface area (Å²) in [7, 11) is 0. The Kier molecular flexibility index (Phi) is 14.5. The van der Waals surface area contributed by atoms with Crippen LogP contribution in [0.3, 0.4) is 0 Å². The maximum atomic E-state index is 12.7. The molecule has 2 atom stereocenters. The summed E-state index contributed by atoms with van der Waals surface area (Å²) in [6, 6.07) is 12.0. The Hall–Kier alpha value is -4.25. The van der Waals surface area contributed by atoms with E-state index in [0.29, 0.717) is 12.1 Å². The van der Waals surface area contributed by atoms with Gasteiger partial charge in [-0.05, 0) is 43.4 Å². The van der Waals surface area contributed by atoms with Crippen molar-refractivity contribution in [2.24, 2.45) is 17.4 Å². The van der Waals surface area contributed by atoms with Crippen molar-refractivity contribution >= 4 is 35.8 Å². The smallest absolute Gasteiger partial charge is 0.312 e. The first-order valence-electron chi connectivity index (χ1n) is 12.6. The van der Waals surface area contributed by atoms with E-state index < -0.39 is 29.9 Å². The Balaban J connectivity index is 0.000000708. The molecule has 0 heterocycles. The van der Waals surface area contributed by atoms with Gasteiger partial charge >= 0.3 is 12.0 Å². The molecule has 7 N–H and O–H groups in total. The third-order valence-corrected chi connectivity index (χ3v) is 5.50. The first-order chi connectivity index (χ1) is 18.4. The molecule has 0 radical (unpaired) electrons. The predicted molar refractivity (Wildman–Crippen MR) is 149 cm³/mol. The van der Waals surface area contributed by atoms with Crippen molar-refractivity contribution in [3.63, 3.8) is 0 Å². The van der Waals surface area contributed by atoms with Crippen LogP contribution in [0.5, 0.6) is 0 Å². The van der Waals surface area contributed by atoms with E-state index in [9.17, 15) is 24.0 Å². The summed E-state index contributed by atoms with van der Waals surface area (Å²) < 4.78 is 4.92. The lowest BCUT2D eigenvalue weighted by atomic mass is 10.0. The van der Waals surface area contributed by atoms with Crippen LogP contribution in [-0.4, -0.2) is 48.7 Å². The number of aldehydes is 1. The number of carbonyl (C=O) groups excluding carboxylic acids is 5. The highest BCUT2D eigenvalue weighted by molar-refractivity contribution is 5.97. The molecule has 0 spiro atoms. The highest BCUT2D eigenvalue weighted by Crippen LogP contribution is 2.12. The first-order valence-corrected chi connectivity index (χ1v) is 12.6. The summed E-state index contributed by atoms with van der Waals surface area (Å²) >= 11 is 0. The van der Waals surface area contributed by atoms with Crippen molar-refractivity contribution in [2.45, 2.75) is 59.2 Å². The van der Waals surface area contributed by atoms with Crippen LogP contribution in [0.1, 0.15) is 55.1 Å². The minimum atomic E-state index is -0.835. The van der Waals surface area contributed by atoms with Crippen LogP contribution in [0.15, 0.2) is 48.5 Å². The van der Waals surface area contributed by atoms with Crippen molar-refractivity contribution in [3.05, 3.63) is 65.2 Å². The molecule has 0 aromatic heterocycles. The Labute approximate surface area is 229 Å². The van der Waals surface area contributed by atoms with Gasteiger partial charge in [0.15, 0.2) is 0 Å². The van der Waals surface area contributed by atoms with E-state index in [2.05, 4.69) is 16.0 Å². The molecule has 11 heteroatoms. The van der Waals surface area contributed by atoms with E-state index in [1.54, 1.807) is 24.3 Å². The second-order valence-electron chi connectivity index (χ2n) is 9.26. The second kappa shape index (κ2) is 17.3. The molecule has 2 unspecified atom stereocenters. The van der Waals surface area contributed by atoms with Crippen molar-refractivity contribution in [2.75, 3.05) is 11.9 Å². The molecule has 4 amide bonds. The number of anilines is 1. The third-order valence-electron chi connectivity index (χ3n) is 5.50. The Morgan fingerprint density at radius 2 is 1.59 bits per heavy atom. The zero-order valence-electron chi connectivity index (χ0n) is 22.9. The number of nitrogens with one attached hydrogen (secondary N) is 3. The number of aryl methyl sites for hydroxylation is 1. The molecule has 0 aliphatic heterocycles. The van der Waals surface area contributed by atoms with Crippen LogP contribution in [0.4, 0.5) is 10.5 Å². The Morgan fingerprint density at radius 1 is 0.974 bits per heavy atom. The van der Waals surface area contributed by atoms with E-state index in [1.165, 1.54) is 12.5 Å². The van der Waals surface area contributed by atoms with E-state index in [0.717, 1.165) is 17.4 Å². The standard InChI is InChI=1S/C20H31N5O5.C8H8O/c1-12(2)17(21)19(28)25-16(5-4-10-23-20(22)29)18(27)24-15-8-6-14(7-9-15)11-30-13(3)26;1-7-2-4-8(6-9)5-3-7/h6-9,12,16-17H,4-5,10-11,21H2,1-3H3,(H,24,27)(H,25,28)(H3,22,23,29);2-6H,1H3. The molecular weight excluding hydrogens is 502 g/mol. The number of ether oxygens (including phenoxy) is 1. The molecule has 0 saturated carbocycles. The lowest BCUT2D eigenvalue weighted by molar-refractivity contribution is -0.142. The van der Waals surface area contributed by atoms with Crippen molar-refractivity contribution < 1.29 is 28.7 Å². The monoisotopic (exact) mass is 541 g/mol. The third kappa shape index (κ3) is 13.7. The topological polar surface area (TPSA) is 183 Å². The SMILES string of the molecule is CC(=O)OCc1ccc(NC(=O)C(CCCNC(N)=O)NC(=O)C(N)C(C)C)cc1.Cc1ccc(C=O)cc1. The van der Waals surface area contributed by atoms with E-state index in [1.807, 2.05) is 45.0 Å². The lowest BCUT2D eigenvalue weighted by Crippen LogP contribution is -2.51. The Morgan fingerprint density at radius 3 is 2.10 bits per heavy atom. The number of nitrogens with two attached hydrogens (primary N) is 2. The van der Waals surface area contributed by atoms with Gasteiger partial charge < -0.3 is 32.2 Å². The van der Waals surface area contributed by atoms with Crippen molar-refractivity contribution in [3.8, 4) is 0 Å². The van der Waals surface area contributed by atoms with E-state index in [-0.39, 0.29) is 31.5 Å². The van der Waals surface area contributed by atoms with Gasteiger partial charge in [-0.15, -0.1) is 0 Å². The number of amides is 4. The molecule has 0 aliphatic rings. The van der Waals surface area contributed by atoms with Crippen LogP contribution >= 0.6 is 0 Å². The normalized spacial score (nSPS) is 11.7. The highest BCUT2D eigenvalue weighted by Gasteiger charge is 2.25. The zero-order valence-corrected chi connectivity index (χ0v) is 22.9. The first kappa shape index (κ1) is 32.8. The highest BCUT2D eigenvalue weighted by atomic mass is 16.5. The number of benzene rings is 2. The van der Waals surface area contributed by atoms with Gasteiger partial charge in [0.2, 0.25) is 11.8 Å². The summed E-state index contributed by atoms with van der Waals surface area (Å²) in [5.41, 5.74) is 14.1. The fourth-order valence-electron chi connectivity index (χ4n) is 3.10. The van der Waals surface area contributed by atoms with Gasteiger partial charge in [0.25, 0.3) is 0 Å². The average Bonchev–Trinajstić information content (AvgIpc) is 2.90. The summed E-state index contributed by atoms with van der Waals surface area (Å²) in [6.45, 7) is 7.36. The molecule has 0 aliphatic carbocycles. The van der Waals surface area contributed by atoms with E-state index in [4.69, 9.17) is 16.2 Å². The maximum absolute atomic E-state index is 12.7. The average molecular weight is 542 g/mol. The lowest BCUT2D eigenvalue weighted by Gasteiger charge is -2.22. The number of urea groups is 1. The van der Waals surface area contributed by atoms with Crippen LogP contribution in [0.25, 0.3) is 0 Å². The zero-order chi connectivity index (χ0) is 29.4. The van der Waals surface area contributed by atoms with Crippen molar-refractivity contribution in [1.29, 1.82) is 0 Å². The van der Waals surface area contributed by atoms with Crippen LogP contribution in [-0.2, 0) is 25.7 Å². The number of primary amides is 1. The number of rotatable bonds is 12. The summed E-state index contributed by atoms with van der Waals surface area (Å²) in [5.74, 6) is -1.30. The number of carbonyl (C=O) groups is 5. The van der Waals surface area contributed by atoms with Gasteiger partial charge in [-0.2, -0.15) is 0 Å². The number of hydrogen-bond donors (Lipinski definition) is 5. The largest absolute Gasteiger partial charge is 0.461 e.